The van der Waals surface area contributed by atoms with E-state index in [1.807, 2.05) is 18.2 Å². The Labute approximate surface area is 174 Å². The smallest absolute Gasteiger partial charge is 0.140 e. The lowest BCUT2D eigenvalue weighted by Crippen LogP contribution is -2.19. The minimum absolute atomic E-state index is 0. The SMILES string of the molecule is Cl.Clc1ccc(Cl)c(O[C@H](CCNCc2cccs2)c2ccccc2)c1. The van der Waals surface area contributed by atoms with Gasteiger partial charge < -0.3 is 10.1 Å². The van der Waals surface area contributed by atoms with E-state index in [2.05, 4.69) is 35.0 Å². The Morgan fingerprint density at radius 3 is 2.54 bits per heavy atom. The number of thiophene rings is 1. The lowest BCUT2D eigenvalue weighted by Gasteiger charge is -2.21. The molecule has 1 aromatic heterocycles. The summed E-state index contributed by atoms with van der Waals surface area (Å²) in [5, 5.41) is 6.74. The number of hydrogen-bond acceptors (Lipinski definition) is 3. The largest absolute Gasteiger partial charge is 0.484 e. The fourth-order valence-electron chi connectivity index (χ4n) is 2.54. The van der Waals surface area contributed by atoms with Gasteiger partial charge in [-0.2, -0.15) is 0 Å². The van der Waals surface area contributed by atoms with E-state index in [0.717, 1.165) is 25.1 Å². The van der Waals surface area contributed by atoms with Crippen molar-refractivity contribution in [2.24, 2.45) is 0 Å². The summed E-state index contributed by atoms with van der Waals surface area (Å²) < 4.78 is 6.20. The number of rotatable bonds is 8. The molecule has 0 amide bonds. The maximum Gasteiger partial charge on any atom is 0.140 e. The third-order valence-electron chi connectivity index (χ3n) is 3.80. The van der Waals surface area contributed by atoms with Crippen LogP contribution in [0.5, 0.6) is 5.75 Å². The third kappa shape index (κ3) is 6.19. The fourth-order valence-corrected chi connectivity index (χ4v) is 3.54. The van der Waals surface area contributed by atoms with Gasteiger partial charge in [-0.25, -0.2) is 0 Å². The Morgan fingerprint density at radius 2 is 1.81 bits per heavy atom. The van der Waals surface area contributed by atoms with E-state index in [1.54, 1.807) is 29.5 Å². The van der Waals surface area contributed by atoms with Crippen molar-refractivity contribution in [3.05, 3.63) is 86.5 Å². The molecule has 0 aliphatic rings. The molecular weight excluding hydrogens is 409 g/mol. The number of ether oxygens (including phenoxy) is 1. The summed E-state index contributed by atoms with van der Waals surface area (Å²) in [6.07, 6.45) is 0.742. The fraction of sp³-hybridized carbons (Fsp3) is 0.200. The number of hydrogen-bond donors (Lipinski definition) is 1. The summed E-state index contributed by atoms with van der Waals surface area (Å²) in [4.78, 5) is 1.33. The van der Waals surface area contributed by atoms with E-state index in [9.17, 15) is 0 Å². The minimum Gasteiger partial charge on any atom is -0.484 e. The van der Waals surface area contributed by atoms with Crippen LogP contribution in [0, 0.1) is 0 Å². The van der Waals surface area contributed by atoms with Gasteiger partial charge in [0.15, 0.2) is 0 Å². The van der Waals surface area contributed by atoms with E-state index >= 15 is 0 Å². The molecule has 0 aliphatic carbocycles. The second-order valence-electron chi connectivity index (χ2n) is 5.64. The van der Waals surface area contributed by atoms with Gasteiger partial charge >= 0.3 is 0 Å². The molecule has 1 heterocycles. The van der Waals surface area contributed by atoms with Crippen molar-refractivity contribution in [1.82, 2.24) is 5.32 Å². The highest BCUT2D eigenvalue weighted by atomic mass is 35.5. The number of halogens is 3. The van der Waals surface area contributed by atoms with E-state index in [4.69, 9.17) is 27.9 Å². The van der Waals surface area contributed by atoms with Crippen LogP contribution in [0.2, 0.25) is 10.0 Å². The van der Waals surface area contributed by atoms with E-state index in [-0.39, 0.29) is 18.5 Å². The summed E-state index contributed by atoms with van der Waals surface area (Å²) in [5.41, 5.74) is 1.12. The van der Waals surface area contributed by atoms with Crippen molar-refractivity contribution in [2.75, 3.05) is 6.54 Å². The molecule has 0 fully saturated rings. The Morgan fingerprint density at radius 1 is 1.00 bits per heavy atom. The molecule has 0 bridgehead atoms. The highest BCUT2D eigenvalue weighted by Gasteiger charge is 2.15. The first-order valence-corrected chi connectivity index (χ1v) is 9.75. The summed E-state index contributed by atoms with van der Waals surface area (Å²) in [7, 11) is 0. The topological polar surface area (TPSA) is 21.3 Å². The van der Waals surface area contributed by atoms with Gasteiger partial charge in [0.2, 0.25) is 0 Å². The van der Waals surface area contributed by atoms with Crippen molar-refractivity contribution >= 4 is 46.9 Å². The average Bonchev–Trinajstić information content (AvgIpc) is 3.15. The second kappa shape index (κ2) is 10.8. The lowest BCUT2D eigenvalue weighted by atomic mass is 10.1. The first-order chi connectivity index (χ1) is 12.2. The lowest BCUT2D eigenvalue weighted by molar-refractivity contribution is 0.194. The van der Waals surface area contributed by atoms with Crippen molar-refractivity contribution in [3.63, 3.8) is 0 Å². The van der Waals surface area contributed by atoms with Gasteiger partial charge in [0, 0.05) is 28.9 Å². The number of benzene rings is 2. The van der Waals surface area contributed by atoms with Crippen molar-refractivity contribution in [2.45, 2.75) is 19.1 Å². The standard InChI is InChI=1S/C20H19Cl2NOS.ClH/c21-16-8-9-18(22)20(13-16)24-19(15-5-2-1-3-6-15)10-11-23-14-17-7-4-12-25-17;/h1-9,12-13,19,23H,10-11,14H2;1H/t19-;/m1./s1. The molecule has 3 aromatic rings. The number of nitrogens with one attached hydrogen (secondary N) is 1. The summed E-state index contributed by atoms with van der Waals surface area (Å²) in [6.45, 7) is 1.72. The first-order valence-electron chi connectivity index (χ1n) is 8.12. The normalized spacial score (nSPS) is 11.6. The molecule has 138 valence electrons. The highest BCUT2D eigenvalue weighted by molar-refractivity contribution is 7.09. The predicted octanol–water partition coefficient (Wildman–Crippen LogP) is 6.78. The van der Waals surface area contributed by atoms with Crippen LogP contribution < -0.4 is 10.1 Å². The van der Waals surface area contributed by atoms with E-state index in [0.29, 0.717) is 15.8 Å². The maximum absolute atomic E-state index is 6.26. The van der Waals surface area contributed by atoms with Crippen molar-refractivity contribution in [3.8, 4) is 5.75 Å². The van der Waals surface area contributed by atoms with Gasteiger partial charge in [0.05, 0.1) is 5.02 Å². The summed E-state index contributed by atoms with van der Waals surface area (Å²) >= 11 is 14.1. The van der Waals surface area contributed by atoms with E-state index in [1.165, 1.54) is 4.88 Å². The molecule has 2 nitrogen and oxygen atoms in total. The Bertz CT molecular complexity index is 781. The van der Waals surface area contributed by atoms with Gasteiger partial charge in [0.1, 0.15) is 11.9 Å². The molecule has 0 saturated carbocycles. The van der Waals surface area contributed by atoms with Gasteiger partial charge in [-0.15, -0.1) is 23.7 Å². The van der Waals surface area contributed by atoms with Crippen molar-refractivity contribution < 1.29 is 4.74 Å². The van der Waals surface area contributed by atoms with Crippen LogP contribution in [0.3, 0.4) is 0 Å². The monoisotopic (exact) mass is 427 g/mol. The van der Waals surface area contributed by atoms with E-state index < -0.39 is 0 Å². The van der Waals surface area contributed by atoms with Crippen molar-refractivity contribution in [1.29, 1.82) is 0 Å². The Hall–Kier alpha value is -1.23. The molecular formula is C20H20Cl3NOS. The van der Waals surface area contributed by atoms with Gasteiger partial charge in [-0.1, -0.05) is 59.6 Å². The molecule has 0 unspecified atom stereocenters. The Kier molecular flexibility index (Phi) is 8.76. The molecule has 1 atom stereocenters. The predicted molar refractivity (Wildman–Crippen MR) is 114 cm³/mol. The Balaban J connectivity index is 0.00000243. The molecule has 1 N–H and O–H groups in total. The summed E-state index contributed by atoms with van der Waals surface area (Å²) in [6, 6.07) is 19.7. The summed E-state index contributed by atoms with van der Waals surface area (Å²) in [5.74, 6) is 0.612. The molecule has 0 saturated heterocycles. The van der Waals surface area contributed by atoms with Crippen LogP contribution in [-0.4, -0.2) is 6.54 Å². The molecule has 0 radical (unpaired) electrons. The van der Waals surface area contributed by atoms with Gasteiger partial charge in [-0.05, 0) is 35.7 Å². The van der Waals surface area contributed by atoms with Crippen LogP contribution in [0.15, 0.2) is 66.0 Å². The molecule has 0 aliphatic heterocycles. The zero-order valence-electron chi connectivity index (χ0n) is 14.0. The molecule has 3 rings (SSSR count). The average molecular weight is 429 g/mol. The maximum atomic E-state index is 6.26. The first kappa shape index (κ1) is 21.1. The van der Waals surface area contributed by atoms with Crippen LogP contribution in [0.4, 0.5) is 0 Å². The minimum atomic E-state index is -0.0898. The molecule has 6 heteroatoms. The second-order valence-corrected chi connectivity index (χ2v) is 7.51. The van der Waals surface area contributed by atoms with Crippen LogP contribution >= 0.6 is 46.9 Å². The van der Waals surface area contributed by atoms with Crippen LogP contribution in [-0.2, 0) is 6.54 Å². The quantitative estimate of drug-likeness (QED) is 0.399. The van der Waals surface area contributed by atoms with Gasteiger partial charge in [0.25, 0.3) is 0 Å². The molecule has 26 heavy (non-hydrogen) atoms. The zero-order valence-corrected chi connectivity index (χ0v) is 17.2. The highest BCUT2D eigenvalue weighted by Crippen LogP contribution is 2.32. The van der Waals surface area contributed by atoms with Crippen LogP contribution in [0.1, 0.15) is 23.0 Å². The zero-order chi connectivity index (χ0) is 17.5. The third-order valence-corrected chi connectivity index (χ3v) is 5.22. The van der Waals surface area contributed by atoms with Gasteiger partial charge in [-0.3, -0.25) is 0 Å². The molecule has 0 spiro atoms. The molecule has 2 aromatic carbocycles. The van der Waals surface area contributed by atoms with Crippen LogP contribution in [0.25, 0.3) is 0 Å².